The average molecular weight is 449 g/mol. The highest BCUT2D eigenvalue weighted by atomic mass is 32.2. The minimum atomic E-state index is -3.43. The fraction of sp³-hybridized carbons (Fsp3) is 0.333. The maximum absolute atomic E-state index is 12.5. The summed E-state index contributed by atoms with van der Waals surface area (Å²) >= 11 is 1.32. The first-order valence-electron chi connectivity index (χ1n) is 9.70. The predicted molar refractivity (Wildman–Crippen MR) is 116 cm³/mol. The van der Waals surface area contributed by atoms with Crippen molar-refractivity contribution in [3.05, 3.63) is 54.1 Å². The van der Waals surface area contributed by atoms with Crippen molar-refractivity contribution in [2.75, 3.05) is 30.8 Å². The molecule has 30 heavy (non-hydrogen) atoms. The molecule has 1 saturated heterocycles. The van der Waals surface area contributed by atoms with E-state index in [1.807, 2.05) is 0 Å². The van der Waals surface area contributed by atoms with Gasteiger partial charge in [0.15, 0.2) is 0 Å². The number of amides is 1. The largest absolute Gasteiger partial charge is 0.462 e. The smallest absolute Gasteiger partial charge is 0.338 e. The van der Waals surface area contributed by atoms with E-state index in [4.69, 9.17) is 4.74 Å². The molecule has 1 aliphatic rings. The van der Waals surface area contributed by atoms with Crippen LogP contribution in [0, 0.1) is 0 Å². The second-order valence-corrected chi connectivity index (χ2v) is 9.70. The number of hydrogen-bond donors (Lipinski definition) is 1. The second-order valence-electron chi connectivity index (χ2n) is 6.72. The third-order valence-electron chi connectivity index (χ3n) is 4.58. The monoisotopic (exact) mass is 448 g/mol. The number of carbonyl (C=O) groups excluding carboxylic acids is 2. The Balaban J connectivity index is 1.51. The molecule has 0 aromatic heterocycles. The number of esters is 1. The van der Waals surface area contributed by atoms with Gasteiger partial charge in [-0.25, -0.2) is 13.2 Å². The molecule has 160 valence electrons. The van der Waals surface area contributed by atoms with E-state index in [-0.39, 0.29) is 16.6 Å². The molecule has 1 heterocycles. The number of carbonyl (C=O) groups is 2. The van der Waals surface area contributed by atoms with Gasteiger partial charge in [0.1, 0.15) is 0 Å². The van der Waals surface area contributed by atoms with Crippen molar-refractivity contribution < 1.29 is 22.7 Å². The van der Waals surface area contributed by atoms with Gasteiger partial charge < -0.3 is 10.1 Å². The first kappa shape index (κ1) is 22.3. The molecule has 2 aromatic carbocycles. The molecule has 2 aromatic rings. The standard InChI is InChI=1S/C21H24N2O5S2/c1-2-28-21(25)16-5-7-17(8-6-16)22-20(24)15-29-18-9-11-19(12-10-18)30(26,27)23-13-3-4-14-23/h5-12H,2-4,13-15H2,1H3,(H,22,24). The van der Waals surface area contributed by atoms with E-state index in [2.05, 4.69) is 5.32 Å². The van der Waals surface area contributed by atoms with Crippen LogP contribution in [-0.2, 0) is 19.6 Å². The van der Waals surface area contributed by atoms with E-state index in [0.717, 1.165) is 17.7 Å². The number of nitrogens with zero attached hydrogens (tertiary/aromatic N) is 1. The number of nitrogens with one attached hydrogen (secondary N) is 1. The molecule has 1 N–H and O–H groups in total. The number of thioether (sulfide) groups is 1. The van der Waals surface area contributed by atoms with Crippen molar-refractivity contribution in [3.8, 4) is 0 Å². The summed E-state index contributed by atoms with van der Waals surface area (Å²) in [4.78, 5) is 24.9. The van der Waals surface area contributed by atoms with Gasteiger partial charge in [-0.3, -0.25) is 4.79 Å². The van der Waals surface area contributed by atoms with Gasteiger partial charge >= 0.3 is 5.97 Å². The summed E-state index contributed by atoms with van der Waals surface area (Å²) in [5.41, 5.74) is 1.01. The summed E-state index contributed by atoms with van der Waals surface area (Å²) in [5.74, 6) is -0.420. The van der Waals surface area contributed by atoms with Crippen LogP contribution in [0.15, 0.2) is 58.3 Å². The topological polar surface area (TPSA) is 92.8 Å². The Morgan fingerprint density at radius 1 is 1.03 bits per heavy atom. The molecule has 9 heteroatoms. The molecule has 1 amide bonds. The summed E-state index contributed by atoms with van der Waals surface area (Å²) in [6.07, 6.45) is 1.79. The molecule has 3 rings (SSSR count). The van der Waals surface area contributed by atoms with Crippen LogP contribution in [0.2, 0.25) is 0 Å². The fourth-order valence-electron chi connectivity index (χ4n) is 3.04. The van der Waals surface area contributed by atoms with E-state index in [1.165, 1.54) is 16.1 Å². The lowest BCUT2D eigenvalue weighted by Gasteiger charge is -2.15. The third kappa shape index (κ3) is 5.62. The average Bonchev–Trinajstić information content (AvgIpc) is 3.29. The third-order valence-corrected chi connectivity index (χ3v) is 7.50. The Hall–Kier alpha value is -2.36. The zero-order chi connectivity index (χ0) is 21.6. The molecule has 0 radical (unpaired) electrons. The van der Waals surface area contributed by atoms with Crippen LogP contribution in [0.1, 0.15) is 30.1 Å². The lowest BCUT2D eigenvalue weighted by atomic mass is 10.2. The van der Waals surface area contributed by atoms with E-state index in [9.17, 15) is 18.0 Å². The van der Waals surface area contributed by atoms with E-state index < -0.39 is 16.0 Å². The van der Waals surface area contributed by atoms with Crippen molar-refractivity contribution in [1.29, 1.82) is 0 Å². The van der Waals surface area contributed by atoms with Gasteiger partial charge in [0.2, 0.25) is 15.9 Å². The Morgan fingerprint density at radius 2 is 1.67 bits per heavy atom. The molecule has 7 nitrogen and oxygen atoms in total. The number of ether oxygens (including phenoxy) is 1. The van der Waals surface area contributed by atoms with Crippen molar-refractivity contribution in [2.24, 2.45) is 0 Å². The lowest BCUT2D eigenvalue weighted by Crippen LogP contribution is -2.27. The van der Waals surface area contributed by atoms with Gasteiger partial charge in [-0.2, -0.15) is 4.31 Å². The van der Waals surface area contributed by atoms with Crippen LogP contribution in [0.3, 0.4) is 0 Å². The highest BCUT2D eigenvalue weighted by Gasteiger charge is 2.26. The van der Waals surface area contributed by atoms with Crippen molar-refractivity contribution in [2.45, 2.75) is 29.6 Å². The maximum atomic E-state index is 12.5. The zero-order valence-electron chi connectivity index (χ0n) is 16.7. The van der Waals surface area contributed by atoms with Gasteiger partial charge in [0.05, 0.1) is 22.8 Å². The minimum absolute atomic E-state index is 0.178. The van der Waals surface area contributed by atoms with Crippen LogP contribution in [0.4, 0.5) is 5.69 Å². The first-order chi connectivity index (χ1) is 14.4. The van der Waals surface area contributed by atoms with E-state index >= 15 is 0 Å². The molecule has 1 aliphatic heterocycles. The molecule has 0 unspecified atom stereocenters. The van der Waals surface area contributed by atoms with Gasteiger partial charge in [0.25, 0.3) is 0 Å². The molecule has 0 bridgehead atoms. The van der Waals surface area contributed by atoms with Crippen molar-refractivity contribution >= 4 is 39.3 Å². The molecular formula is C21H24N2O5S2. The predicted octanol–water partition coefficient (Wildman–Crippen LogP) is 3.38. The Bertz CT molecular complexity index is 983. The molecular weight excluding hydrogens is 424 g/mol. The van der Waals surface area contributed by atoms with E-state index in [1.54, 1.807) is 55.5 Å². The first-order valence-corrected chi connectivity index (χ1v) is 12.1. The Labute approximate surface area is 180 Å². The highest BCUT2D eigenvalue weighted by molar-refractivity contribution is 8.00. The van der Waals surface area contributed by atoms with Gasteiger partial charge in [0, 0.05) is 23.7 Å². The van der Waals surface area contributed by atoms with Crippen molar-refractivity contribution in [1.82, 2.24) is 4.31 Å². The number of anilines is 1. The molecule has 0 aliphatic carbocycles. The van der Waals surface area contributed by atoms with Crippen LogP contribution in [-0.4, -0.2) is 50.0 Å². The SMILES string of the molecule is CCOC(=O)c1ccc(NC(=O)CSc2ccc(S(=O)(=O)N3CCCC3)cc2)cc1. The molecule has 1 fully saturated rings. The summed E-state index contributed by atoms with van der Waals surface area (Å²) in [6, 6.07) is 13.1. The normalized spacial score (nSPS) is 14.4. The summed E-state index contributed by atoms with van der Waals surface area (Å²) in [5, 5.41) is 2.77. The summed E-state index contributed by atoms with van der Waals surface area (Å²) < 4.78 is 31.5. The van der Waals surface area contributed by atoms with Crippen LogP contribution in [0.25, 0.3) is 0 Å². The van der Waals surface area contributed by atoms with Crippen LogP contribution in [0.5, 0.6) is 0 Å². The Kier molecular flexibility index (Phi) is 7.52. The fourth-order valence-corrected chi connectivity index (χ4v) is 5.25. The minimum Gasteiger partial charge on any atom is -0.462 e. The summed E-state index contributed by atoms with van der Waals surface area (Å²) in [6.45, 7) is 3.18. The lowest BCUT2D eigenvalue weighted by molar-refractivity contribution is -0.113. The maximum Gasteiger partial charge on any atom is 0.338 e. The van der Waals surface area contributed by atoms with Crippen LogP contribution < -0.4 is 5.32 Å². The number of benzene rings is 2. The highest BCUT2D eigenvalue weighted by Crippen LogP contribution is 2.24. The molecule has 0 atom stereocenters. The van der Waals surface area contributed by atoms with Crippen LogP contribution >= 0.6 is 11.8 Å². The number of sulfonamides is 1. The molecule has 0 spiro atoms. The van der Waals surface area contributed by atoms with Gasteiger partial charge in [-0.15, -0.1) is 11.8 Å². The number of rotatable bonds is 8. The number of hydrogen-bond acceptors (Lipinski definition) is 6. The Morgan fingerprint density at radius 3 is 2.27 bits per heavy atom. The molecule has 0 saturated carbocycles. The van der Waals surface area contributed by atoms with Gasteiger partial charge in [-0.1, -0.05) is 0 Å². The second kappa shape index (κ2) is 10.1. The summed E-state index contributed by atoms with van der Waals surface area (Å²) in [7, 11) is -3.43. The van der Waals surface area contributed by atoms with Gasteiger partial charge in [-0.05, 0) is 68.3 Å². The quantitative estimate of drug-likeness (QED) is 0.492. The zero-order valence-corrected chi connectivity index (χ0v) is 18.3. The van der Waals surface area contributed by atoms with Crippen molar-refractivity contribution in [3.63, 3.8) is 0 Å². The van der Waals surface area contributed by atoms with E-state index in [0.29, 0.717) is 30.9 Å².